The van der Waals surface area contributed by atoms with Crippen molar-refractivity contribution in [2.24, 2.45) is 0 Å². The molecule has 1 unspecified atom stereocenters. The van der Waals surface area contributed by atoms with Gasteiger partial charge in [-0.15, -0.1) is 11.8 Å². The summed E-state index contributed by atoms with van der Waals surface area (Å²) in [5.41, 5.74) is 1.48. The second kappa shape index (κ2) is 6.08. The summed E-state index contributed by atoms with van der Waals surface area (Å²) in [6.07, 6.45) is 3.77. The monoisotopic (exact) mass is 299 g/mol. The van der Waals surface area contributed by atoms with Crippen LogP contribution in [0.3, 0.4) is 0 Å². The molecule has 1 N–H and O–H groups in total. The predicted molar refractivity (Wildman–Crippen MR) is 75.1 cm³/mol. The number of rotatable bonds is 3. The molecular weight excluding hydrogens is 282 g/mol. The van der Waals surface area contributed by atoms with Crippen molar-refractivity contribution >= 4 is 27.7 Å². The molecule has 16 heavy (non-hydrogen) atoms. The highest BCUT2D eigenvalue weighted by Crippen LogP contribution is 2.36. The molecule has 3 heteroatoms. The van der Waals surface area contributed by atoms with E-state index in [2.05, 4.69) is 46.4 Å². The van der Waals surface area contributed by atoms with Gasteiger partial charge in [-0.05, 0) is 55.3 Å². The molecule has 0 aliphatic carbocycles. The molecule has 0 radical (unpaired) electrons. The van der Waals surface area contributed by atoms with Crippen LogP contribution in [0.4, 0.5) is 0 Å². The molecular formula is C13H18BrNS. The molecule has 1 aromatic carbocycles. The molecule has 88 valence electrons. The van der Waals surface area contributed by atoms with Crippen LogP contribution in [0.15, 0.2) is 27.6 Å². The van der Waals surface area contributed by atoms with E-state index in [0.29, 0.717) is 6.04 Å². The smallest absolute Gasteiger partial charge is 0.0332 e. The summed E-state index contributed by atoms with van der Waals surface area (Å²) in [6.45, 7) is 3.33. The predicted octanol–water partition coefficient (Wildman–Crippen LogP) is 4.38. The van der Waals surface area contributed by atoms with Crippen LogP contribution >= 0.6 is 27.7 Å². The number of benzene rings is 1. The highest BCUT2D eigenvalue weighted by molar-refractivity contribution is 9.10. The summed E-state index contributed by atoms with van der Waals surface area (Å²) in [5.74, 6) is 1.25. The SMILES string of the molecule is CCCNC1CCCSc2ccc(Br)cc21. The zero-order chi connectivity index (χ0) is 11.4. The molecule has 1 heterocycles. The molecule has 1 aliphatic rings. The molecule has 0 fully saturated rings. The van der Waals surface area contributed by atoms with Crippen molar-refractivity contribution in [3.63, 3.8) is 0 Å². The van der Waals surface area contributed by atoms with Crippen LogP contribution in [0.25, 0.3) is 0 Å². The van der Waals surface area contributed by atoms with Gasteiger partial charge in [0, 0.05) is 15.4 Å². The van der Waals surface area contributed by atoms with Crippen molar-refractivity contribution in [2.75, 3.05) is 12.3 Å². The van der Waals surface area contributed by atoms with Crippen LogP contribution < -0.4 is 5.32 Å². The van der Waals surface area contributed by atoms with E-state index in [-0.39, 0.29) is 0 Å². The first-order valence-corrected chi connectivity index (χ1v) is 7.74. The Morgan fingerprint density at radius 2 is 2.38 bits per heavy atom. The summed E-state index contributed by atoms with van der Waals surface area (Å²) in [6, 6.07) is 7.22. The summed E-state index contributed by atoms with van der Waals surface area (Å²) < 4.78 is 1.19. The second-order valence-electron chi connectivity index (χ2n) is 4.18. The molecule has 1 atom stereocenters. The van der Waals surface area contributed by atoms with Crippen LogP contribution in [0.2, 0.25) is 0 Å². The fourth-order valence-corrected chi connectivity index (χ4v) is 3.52. The van der Waals surface area contributed by atoms with Crippen molar-refractivity contribution in [1.29, 1.82) is 0 Å². The topological polar surface area (TPSA) is 12.0 Å². The quantitative estimate of drug-likeness (QED) is 0.889. The van der Waals surface area contributed by atoms with E-state index < -0.39 is 0 Å². The van der Waals surface area contributed by atoms with Crippen LogP contribution in [-0.4, -0.2) is 12.3 Å². The lowest BCUT2D eigenvalue weighted by atomic mass is 10.0. The van der Waals surface area contributed by atoms with E-state index in [1.807, 2.05) is 11.8 Å². The Bertz CT molecular complexity index is 354. The zero-order valence-electron chi connectivity index (χ0n) is 9.63. The van der Waals surface area contributed by atoms with Gasteiger partial charge in [0.15, 0.2) is 0 Å². The van der Waals surface area contributed by atoms with E-state index >= 15 is 0 Å². The average Bonchev–Trinajstić information content (AvgIpc) is 2.48. The Morgan fingerprint density at radius 1 is 1.50 bits per heavy atom. The van der Waals surface area contributed by atoms with Gasteiger partial charge in [-0.25, -0.2) is 0 Å². The first kappa shape index (κ1) is 12.5. The maximum absolute atomic E-state index is 3.66. The average molecular weight is 300 g/mol. The van der Waals surface area contributed by atoms with Crippen LogP contribution in [0.1, 0.15) is 37.8 Å². The van der Waals surface area contributed by atoms with Gasteiger partial charge >= 0.3 is 0 Å². The minimum absolute atomic E-state index is 0.544. The Kier molecular flexibility index (Phi) is 4.74. The third-order valence-corrected chi connectivity index (χ3v) is 4.55. The summed E-state index contributed by atoms with van der Waals surface area (Å²) in [5, 5.41) is 3.66. The Hall–Kier alpha value is 0.01000. The fraction of sp³-hybridized carbons (Fsp3) is 0.538. The van der Waals surface area contributed by atoms with Gasteiger partial charge in [0.1, 0.15) is 0 Å². The zero-order valence-corrected chi connectivity index (χ0v) is 12.0. The molecule has 1 aliphatic heterocycles. The lowest BCUT2D eigenvalue weighted by molar-refractivity contribution is 0.493. The van der Waals surface area contributed by atoms with Crippen molar-refractivity contribution in [1.82, 2.24) is 5.32 Å². The molecule has 1 nitrogen and oxygen atoms in total. The fourth-order valence-electron chi connectivity index (χ4n) is 2.08. The number of hydrogen-bond acceptors (Lipinski definition) is 2. The Balaban J connectivity index is 2.24. The third-order valence-electron chi connectivity index (χ3n) is 2.88. The lowest BCUT2D eigenvalue weighted by Gasteiger charge is -2.19. The Morgan fingerprint density at radius 3 is 3.19 bits per heavy atom. The largest absolute Gasteiger partial charge is 0.310 e. The molecule has 0 amide bonds. The molecule has 0 saturated carbocycles. The molecule has 0 spiro atoms. The Labute approximate surface area is 111 Å². The number of fused-ring (bicyclic) bond motifs is 1. The van der Waals surface area contributed by atoms with E-state index in [4.69, 9.17) is 0 Å². The maximum atomic E-state index is 3.66. The summed E-state index contributed by atoms with van der Waals surface area (Å²) >= 11 is 5.57. The van der Waals surface area contributed by atoms with E-state index in [0.717, 1.165) is 6.54 Å². The van der Waals surface area contributed by atoms with Gasteiger partial charge in [0.2, 0.25) is 0 Å². The lowest BCUT2D eigenvalue weighted by Crippen LogP contribution is -2.22. The summed E-state index contributed by atoms with van der Waals surface area (Å²) in [4.78, 5) is 1.45. The number of thioether (sulfide) groups is 1. The van der Waals surface area contributed by atoms with Crippen LogP contribution in [0, 0.1) is 0 Å². The normalized spacial score (nSPS) is 20.2. The van der Waals surface area contributed by atoms with E-state index in [9.17, 15) is 0 Å². The highest BCUT2D eigenvalue weighted by atomic mass is 79.9. The standard InChI is InChI=1S/C13H18BrNS/c1-2-7-15-12-4-3-8-16-13-6-5-10(14)9-11(12)13/h5-6,9,12,15H,2-4,7-8H2,1H3. The summed E-state index contributed by atoms with van der Waals surface area (Å²) in [7, 11) is 0. The number of hydrogen-bond donors (Lipinski definition) is 1. The first-order chi connectivity index (χ1) is 7.81. The van der Waals surface area contributed by atoms with Crippen molar-refractivity contribution in [2.45, 2.75) is 37.1 Å². The van der Waals surface area contributed by atoms with E-state index in [1.165, 1.54) is 39.9 Å². The van der Waals surface area contributed by atoms with Crippen molar-refractivity contribution < 1.29 is 0 Å². The highest BCUT2D eigenvalue weighted by Gasteiger charge is 2.18. The van der Waals surface area contributed by atoms with Gasteiger partial charge in [-0.1, -0.05) is 22.9 Å². The first-order valence-electron chi connectivity index (χ1n) is 5.97. The van der Waals surface area contributed by atoms with Gasteiger partial charge in [-0.3, -0.25) is 0 Å². The minimum atomic E-state index is 0.544. The molecule has 0 bridgehead atoms. The molecule has 0 saturated heterocycles. The van der Waals surface area contributed by atoms with Gasteiger partial charge in [0.05, 0.1) is 0 Å². The third kappa shape index (κ3) is 3.02. The molecule has 1 aromatic rings. The van der Waals surface area contributed by atoms with Crippen LogP contribution in [-0.2, 0) is 0 Å². The van der Waals surface area contributed by atoms with Gasteiger partial charge < -0.3 is 5.32 Å². The van der Waals surface area contributed by atoms with Gasteiger partial charge in [-0.2, -0.15) is 0 Å². The van der Waals surface area contributed by atoms with Gasteiger partial charge in [0.25, 0.3) is 0 Å². The number of halogens is 1. The molecule has 0 aromatic heterocycles. The minimum Gasteiger partial charge on any atom is -0.310 e. The van der Waals surface area contributed by atoms with E-state index in [1.54, 1.807) is 0 Å². The van der Waals surface area contributed by atoms with Crippen molar-refractivity contribution in [3.8, 4) is 0 Å². The number of nitrogens with one attached hydrogen (secondary N) is 1. The van der Waals surface area contributed by atoms with Crippen molar-refractivity contribution in [3.05, 3.63) is 28.2 Å². The second-order valence-corrected chi connectivity index (χ2v) is 6.23. The maximum Gasteiger partial charge on any atom is 0.0332 e. The molecule has 2 rings (SSSR count). The van der Waals surface area contributed by atoms with Crippen LogP contribution in [0.5, 0.6) is 0 Å².